The zero-order chi connectivity index (χ0) is 20.4. The first-order chi connectivity index (χ1) is 13.7. The molecular weight excluding hydrogens is 372 g/mol. The molecule has 8 atom stereocenters. The van der Waals surface area contributed by atoms with E-state index in [0.29, 0.717) is 19.3 Å². The summed E-state index contributed by atoms with van der Waals surface area (Å²) in [5.41, 5.74) is -0.492. The molecule has 2 spiro atoms. The molecule has 2 aliphatic heterocycles. The molecule has 4 aliphatic carbocycles. The van der Waals surface area contributed by atoms with Crippen molar-refractivity contribution in [2.75, 3.05) is 0 Å². The van der Waals surface area contributed by atoms with E-state index >= 15 is 0 Å². The van der Waals surface area contributed by atoms with Gasteiger partial charge >= 0.3 is 11.9 Å². The zero-order valence-electron chi connectivity index (χ0n) is 17.0. The lowest BCUT2D eigenvalue weighted by Gasteiger charge is -2.58. The van der Waals surface area contributed by atoms with Crippen molar-refractivity contribution in [3.05, 3.63) is 11.6 Å². The van der Waals surface area contributed by atoms with Gasteiger partial charge in [0.25, 0.3) is 0 Å². The maximum Gasteiger partial charge on any atom is 0.307 e. The Labute approximate surface area is 170 Å². The highest BCUT2D eigenvalue weighted by Crippen LogP contribution is 2.78. The molecule has 2 unspecified atom stereocenters. The highest BCUT2D eigenvalue weighted by atomic mass is 16.6. The number of carbonyl (C=O) groups is 3. The minimum atomic E-state index is -0.793. The van der Waals surface area contributed by atoms with Gasteiger partial charge in [0.2, 0.25) is 0 Å². The van der Waals surface area contributed by atoms with Gasteiger partial charge in [0.1, 0.15) is 11.2 Å². The molecule has 0 aromatic heterocycles. The van der Waals surface area contributed by atoms with Crippen LogP contribution in [0.5, 0.6) is 0 Å². The second kappa shape index (κ2) is 5.13. The Bertz CT molecular complexity index is 892. The molecule has 2 heterocycles. The van der Waals surface area contributed by atoms with E-state index < -0.39 is 23.1 Å². The predicted molar refractivity (Wildman–Crippen MR) is 101 cm³/mol. The van der Waals surface area contributed by atoms with E-state index in [4.69, 9.17) is 9.47 Å². The number of carboxylic acid groups (broad SMARTS) is 1. The first kappa shape index (κ1) is 18.1. The molecule has 6 nitrogen and oxygen atoms in total. The van der Waals surface area contributed by atoms with Crippen molar-refractivity contribution in [3.8, 4) is 0 Å². The smallest absolute Gasteiger partial charge is 0.307 e. The Balaban J connectivity index is 1.49. The number of aliphatic carboxylic acids is 1. The lowest BCUT2D eigenvalue weighted by atomic mass is 9.43. The van der Waals surface area contributed by atoms with Crippen LogP contribution < -0.4 is 0 Å². The van der Waals surface area contributed by atoms with Crippen LogP contribution in [0, 0.1) is 28.6 Å². The highest BCUT2D eigenvalue weighted by Gasteiger charge is 2.83. The van der Waals surface area contributed by atoms with Crippen LogP contribution in [0.3, 0.4) is 0 Å². The number of hydrogen-bond acceptors (Lipinski definition) is 5. The molecule has 5 fully saturated rings. The van der Waals surface area contributed by atoms with Crippen LogP contribution in [0.4, 0.5) is 0 Å². The van der Waals surface area contributed by atoms with Crippen LogP contribution in [0.1, 0.15) is 65.2 Å². The topological polar surface area (TPSA) is 93.2 Å². The molecular formula is C23H28O6. The van der Waals surface area contributed by atoms with Crippen molar-refractivity contribution in [2.24, 2.45) is 28.6 Å². The molecule has 2 saturated heterocycles. The number of ketones is 1. The maximum atomic E-state index is 12.4. The molecule has 6 heteroatoms. The van der Waals surface area contributed by atoms with E-state index in [0.717, 1.165) is 37.7 Å². The summed E-state index contributed by atoms with van der Waals surface area (Å²) < 4.78 is 12.5. The van der Waals surface area contributed by atoms with Crippen LogP contribution in [-0.2, 0) is 23.9 Å². The van der Waals surface area contributed by atoms with E-state index in [2.05, 4.69) is 13.8 Å². The van der Waals surface area contributed by atoms with Crippen LogP contribution in [-0.4, -0.2) is 40.1 Å². The number of hydrogen-bond donors (Lipinski definition) is 1. The predicted octanol–water partition coefficient (Wildman–Crippen LogP) is 3.04. The number of ether oxygens (including phenoxy) is 2. The average Bonchev–Trinajstić information content (AvgIpc) is 3.14. The first-order valence-corrected chi connectivity index (χ1v) is 11.0. The molecule has 6 aliphatic rings. The Morgan fingerprint density at radius 1 is 1.17 bits per heavy atom. The van der Waals surface area contributed by atoms with Gasteiger partial charge in [-0.2, -0.15) is 0 Å². The SMILES string of the molecule is C[C@]12CCC(=O)C=C1C[C@@H](C(=O)O)C1C3CC[C@@]4(CCC(=O)O4)[C@@]3(C)C[C@H]3O[C@@]132. The second-order valence-corrected chi connectivity index (χ2v) is 10.8. The minimum absolute atomic E-state index is 0.0215. The zero-order valence-corrected chi connectivity index (χ0v) is 17.0. The third-order valence-electron chi connectivity index (χ3n) is 10.0. The molecule has 0 aromatic rings. The Morgan fingerprint density at radius 2 is 1.97 bits per heavy atom. The third-order valence-corrected chi connectivity index (χ3v) is 10.0. The lowest BCUT2D eigenvalue weighted by molar-refractivity contribution is -0.171. The van der Waals surface area contributed by atoms with Gasteiger partial charge < -0.3 is 14.6 Å². The summed E-state index contributed by atoms with van der Waals surface area (Å²) in [5.74, 6) is -1.31. The Morgan fingerprint density at radius 3 is 2.66 bits per heavy atom. The number of rotatable bonds is 1. The van der Waals surface area contributed by atoms with Crippen molar-refractivity contribution < 1.29 is 29.0 Å². The first-order valence-electron chi connectivity index (χ1n) is 11.0. The monoisotopic (exact) mass is 400 g/mol. The summed E-state index contributed by atoms with van der Waals surface area (Å²) >= 11 is 0. The summed E-state index contributed by atoms with van der Waals surface area (Å²) in [4.78, 5) is 36.6. The fourth-order valence-electron chi connectivity index (χ4n) is 8.55. The van der Waals surface area contributed by atoms with Gasteiger partial charge in [-0.25, -0.2) is 0 Å². The quantitative estimate of drug-likeness (QED) is 0.537. The van der Waals surface area contributed by atoms with E-state index in [1.54, 1.807) is 6.08 Å². The molecule has 156 valence electrons. The fourth-order valence-corrected chi connectivity index (χ4v) is 8.55. The van der Waals surface area contributed by atoms with Gasteiger partial charge in [0, 0.05) is 29.6 Å². The summed E-state index contributed by atoms with van der Waals surface area (Å²) in [6.07, 6.45) is 7.07. The van der Waals surface area contributed by atoms with Crippen LogP contribution >= 0.6 is 0 Å². The van der Waals surface area contributed by atoms with Crippen LogP contribution in [0.25, 0.3) is 0 Å². The van der Waals surface area contributed by atoms with Crippen molar-refractivity contribution >= 4 is 17.7 Å². The Hall–Kier alpha value is -1.69. The molecule has 0 aromatic carbocycles. The standard InChI is InChI=1S/C23H28O6/c1-20-6-3-13(24)9-12(20)10-14(19(26)27)18-15-4-7-22(8-5-17(25)29-22)21(15,2)11-16-23(18,20)28-16/h9,14-16,18H,3-8,10-11H2,1-2H3,(H,26,27)/t14-,15?,16-,18?,20+,21+,22-,23-/m1/s1. The molecule has 3 saturated carbocycles. The largest absolute Gasteiger partial charge is 0.481 e. The van der Waals surface area contributed by atoms with E-state index in [1.165, 1.54) is 0 Å². The molecule has 6 rings (SSSR count). The summed E-state index contributed by atoms with van der Waals surface area (Å²) in [5, 5.41) is 10.2. The maximum absolute atomic E-state index is 12.4. The highest BCUT2D eigenvalue weighted by molar-refractivity contribution is 5.92. The summed E-state index contributed by atoms with van der Waals surface area (Å²) in [6, 6.07) is 0. The van der Waals surface area contributed by atoms with Crippen molar-refractivity contribution in [1.29, 1.82) is 0 Å². The average molecular weight is 400 g/mol. The number of epoxide rings is 1. The van der Waals surface area contributed by atoms with Gasteiger partial charge in [-0.3, -0.25) is 14.4 Å². The summed E-state index contributed by atoms with van der Waals surface area (Å²) in [7, 11) is 0. The normalized spacial score (nSPS) is 54.8. The third kappa shape index (κ3) is 1.86. The number of esters is 1. The number of carboxylic acids is 1. The van der Waals surface area contributed by atoms with Gasteiger partial charge in [0.15, 0.2) is 5.78 Å². The van der Waals surface area contributed by atoms with E-state index in [1.807, 2.05) is 0 Å². The second-order valence-electron chi connectivity index (χ2n) is 10.8. The molecule has 0 amide bonds. The van der Waals surface area contributed by atoms with Gasteiger partial charge in [0.05, 0.1) is 12.0 Å². The molecule has 29 heavy (non-hydrogen) atoms. The van der Waals surface area contributed by atoms with Gasteiger partial charge in [-0.15, -0.1) is 0 Å². The van der Waals surface area contributed by atoms with E-state index in [9.17, 15) is 19.5 Å². The fraction of sp³-hybridized carbons (Fsp3) is 0.783. The van der Waals surface area contributed by atoms with Crippen molar-refractivity contribution in [2.45, 2.75) is 82.5 Å². The number of carbonyl (C=O) groups excluding carboxylic acids is 2. The van der Waals surface area contributed by atoms with Gasteiger partial charge in [-0.1, -0.05) is 19.4 Å². The van der Waals surface area contributed by atoms with Gasteiger partial charge in [-0.05, 0) is 50.5 Å². The van der Waals surface area contributed by atoms with Crippen LogP contribution in [0.15, 0.2) is 11.6 Å². The molecule has 0 radical (unpaired) electrons. The molecule has 0 bridgehead atoms. The Kier molecular flexibility index (Phi) is 3.20. The molecule has 1 N–H and O–H groups in total. The van der Waals surface area contributed by atoms with Crippen molar-refractivity contribution in [1.82, 2.24) is 0 Å². The minimum Gasteiger partial charge on any atom is -0.481 e. The van der Waals surface area contributed by atoms with Crippen molar-refractivity contribution in [3.63, 3.8) is 0 Å². The number of fused-ring (bicyclic) bond motifs is 4. The lowest BCUT2D eigenvalue weighted by Crippen LogP contribution is -2.63. The van der Waals surface area contributed by atoms with E-state index in [-0.39, 0.29) is 40.5 Å². The van der Waals surface area contributed by atoms with Crippen LogP contribution in [0.2, 0.25) is 0 Å². The summed E-state index contributed by atoms with van der Waals surface area (Å²) in [6.45, 7) is 4.41.